The maximum absolute atomic E-state index is 13.3. The van der Waals surface area contributed by atoms with Crippen LogP contribution in [-0.4, -0.2) is 19.0 Å². The van der Waals surface area contributed by atoms with Crippen molar-refractivity contribution in [3.05, 3.63) is 35.1 Å². The number of benzene rings is 1. The van der Waals surface area contributed by atoms with Gasteiger partial charge in [0.25, 0.3) is 0 Å². The largest absolute Gasteiger partial charge is 0.381 e. The lowest BCUT2D eigenvalue weighted by molar-refractivity contribution is 0.0947. The lowest BCUT2D eigenvalue weighted by atomic mass is 9.97. The number of halogens is 3. The molecule has 0 radical (unpaired) electrons. The molecule has 1 unspecified atom stereocenters. The summed E-state index contributed by atoms with van der Waals surface area (Å²) < 4.78 is 44.0. The highest BCUT2D eigenvalue weighted by Gasteiger charge is 2.23. The highest BCUT2D eigenvalue weighted by Crippen LogP contribution is 2.22. The zero-order chi connectivity index (χ0) is 12.4. The molecule has 92 valence electrons. The monoisotopic (exact) mass is 244 g/mol. The van der Waals surface area contributed by atoms with Gasteiger partial charge in [-0.1, -0.05) is 0 Å². The van der Waals surface area contributed by atoms with Crippen LogP contribution in [0.4, 0.5) is 13.2 Å². The van der Waals surface area contributed by atoms with Crippen LogP contribution in [0.5, 0.6) is 0 Å². The second-order valence-electron chi connectivity index (χ2n) is 4.08. The van der Waals surface area contributed by atoms with Crippen molar-refractivity contribution in [3.63, 3.8) is 0 Å². The fourth-order valence-corrected chi connectivity index (χ4v) is 1.86. The van der Waals surface area contributed by atoms with Crippen molar-refractivity contribution < 1.29 is 22.7 Å². The molecule has 0 bridgehead atoms. The first kappa shape index (κ1) is 12.1. The van der Waals surface area contributed by atoms with Gasteiger partial charge in [0.1, 0.15) is 0 Å². The fraction of sp³-hybridized carbons (Fsp3) is 0.417. The van der Waals surface area contributed by atoms with Crippen LogP contribution < -0.4 is 0 Å². The standard InChI is InChI=1S/C12H11F3O2/c13-9-2-1-8(11(14)12(9)15)10(16)5-7-3-4-17-6-7/h1-2,7H,3-6H2. The number of Topliss-reactive ketones (excluding diaryl/α,β-unsaturated/α-hetero) is 1. The van der Waals surface area contributed by atoms with Crippen LogP contribution in [0.2, 0.25) is 0 Å². The number of rotatable bonds is 3. The summed E-state index contributed by atoms with van der Waals surface area (Å²) in [4.78, 5) is 11.7. The zero-order valence-electron chi connectivity index (χ0n) is 9.01. The van der Waals surface area contributed by atoms with Crippen LogP contribution in [0, 0.1) is 23.4 Å². The molecular weight excluding hydrogens is 233 g/mol. The molecule has 2 rings (SSSR count). The van der Waals surface area contributed by atoms with E-state index in [1.807, 2.05) is 0 Å². The molecule has 17 heavy (non-hydrogen) atoms. The van der Waals surface area contributed by atoms with E-state index in [0.29, 0.717) is 13.2 Å². The number of hydrogen-bond acceptors (Lipinski definition) is 2. The maximum atomic E-state index is 13.3. The molecule has 0 saturated carbocycles. The van der Waals surface area contributed by atoms with Crippen LogP contribution in [0.15, 0.2) is 12.1 Å². The Balaban J connectivity index is 2.16. The summed E-state index contributed by atoms with van der Waals surface area (Å²) in [5, 5.41) is 0. The Labute approximate surface area is 96.4 Å². The van der Waals surface area contributed by atoms with E-state index in [2.05, 4.69) is 0 Å². The Morgan fingerprint density at radius 3 is 2.71 bits per heavy atom. The first-order valence-corrected chi connectivity index (χ1v) is 5.34. The van der Waals surface area contributed by atoms with Gasteiger partial charge >= 0.3 is 0 Å². The molecule has 2 nitrogen and oxygen atoms in total. The molecule has 0 spiro atoms. The van der Waals surface area contributed by atoms with Gasteiger partial charge in [-0.15, -0.1) is 0 Å². The summed E-state index contributed by atoms with van der Waals surface area (Å²) in [6.07, 6.45) is 0.832. The topological polar surface area (TPSA) is 26.3 Å². The van der Waals surface area contributed by atoms with E-state index in [1.165, 1.54) is 0 Å². The molecule has 0 aliphatic carbocycles. The lowest BCUT2D eigenvalue weighted by Gasteiger charge is -2.07. The summed E-state index contributed by atoms with van der Waals surface area (Å²) >= 11 is 0. The third kappa shape index (κ3) is 2.49. The van der Waals surface area contributed by atoms with Gasteiger partial charge in [0.2, 0.25) is 0 Å². The number of carbonyl (C=O) groups is 1. The summed E-state index contributed by atoms with van der Waals surface area (Å²) in [5.41, 5.74) is -0.393. The Bertz CT molecular complexity index is 440. The molecule has 1 aliphatic heterocycles. The Morgan fingerprint density at radius 1 is 1.29 bits per heavy atom. The first-order valence-electron chi connectivity index (χ1n) is 5.34. The number of hydrogen-bond donors (Lipinski definition) is 0. The molecule has 1 aromatic rings. The normalized spacial score (nSPS) is 19.6. The molecule has 1 atom stereocenters. The Morgan fingerprint density at radius 2 is 2.06 bits per heavy atom. The van der Waals surface area contributed by atoms with E-state index in [1.54, 1.807) is 0 Å². The third-order valence-electron chi connectivity index (χ3n) is 2.83. The fourth-order valence-electron chi connectivity index (χ4n) is 1.86. The van der Waals surface area contributed by atoms with Gasteiger partial charge in [0.15, 0.2) is 23.2 Å². The molecule has 1 aliphatic rings. The van der Waals surface area contributed by atoms with Crippen molar-refractivity contribution in [3.8, 4) is 0 Å². The minimum absolute atomic E-state index is 0.0371. The van der Waals surface area contributed by atoms with Crippen molar-refractivity contribution >= 4 is 5.78 Å². The van der Waals surface area contributed by atoms with Crippen LogP contribution in [-0.2, 0) is 4.74 Å². The van der Waals surface area contributed by atoms with Crippen LogP contribution in [0.25, 0.3) is 0 Å². The smallest absolute Gasteiger partial charge is 0.195 e. The molecule has 0 amide bonds. The number of ketones is 1. The summed E-state index contributed by atoms with van der Waals surface area (Å²) in [5.74, 6) is -4.78. The number of carbonyl (C=O) groups excluding carboxylic acids is 1. The Kier molecular flexibility index (Phi) is 3.47. The summed E-state index contributed by atoms with van der Waals surface area (Å²) in [6, 6.07) is 1.74. The van der Waals surface area contributed by atoms with Crippen molar-refractivity contribution in [1.29, 1.82) is 0 Å². The average Bonchev–Trinajstić information content (AvgIpc) is 2.78. The van der Waals surface area contributed by atoms with E-state index in [4.69, 9.17) is 4.74 Å². The van der Waals surface area contributed by atoms with Gasteiger partial charge in [-0.2, -0.15) is 0 Å². The van der Waals surface area contributed by atoms with Gasteiger partial charge in [-0.25, -0.2) is 13.2 Å². The van der Waals surface area contributed by atoms with Crippen LogP contribution in [0.3, 0.4) is 0 Å². The van der Waals surface area contributed by atoms with Gasteiger partial charge in [-0.05, 0) is 24.5 Å². The lowest BCUT2D eigenvalue weighted by Crippen LogP contribution is -2.11. The first-order chi connectivity index (χ1) is 8.09. The van der Waals surface area contributed by atoms with E-state index in [-0.39, 0.29) is 12.3 Å². The highest BCUT2D eigenvalue weighted by atomic mass is 19.2. The maximum Gasteiger partial charge on any atom is 0.195 e. The minimum Gasteiger partial charge on any atom is -0.381 e. The van der Waals surface area contributed by atoms with Crippen molar-refractivity contribution in [2.75, 3.05) is 13.2 Å². The van der Waals surface area contributed by atoms with E-state index in [9.17, 15) is 18.0 Å². The number of ether oxygens (including phenoxy) is 1. The van der Waals surface area contributed by atoms with Gasteiger partial charge < -0.3 is 4.74 Å². The van der Waals surface area contributed by atoms with Crippen molar-refractivity contribution in [2.45, 2.75) is 12.8 Å². The quantitative estimate of drug-likeness (QED) is 0.603. The Hall–Kier alpha value is -1.36. The highest BCUT2D eigenvalue weighted by molar-refractivity contribution is 5.96. The summed E-state index contributed by atoms with van der Waals surface area (Å²) in [7, 11) is 0. The van der Waals surface area contributed by atoms with Gasteiger partial charge in [-0.3, -0.25) is 4.79 Å². The second kappa shape index (κ2) is 4.87. The van der Waals surface area contributed by atoms with Crippen molar-refractivity contribution in [1.82, 2.24) is 0 Å². The van der Waals surface area contributed by atoms with Crippen LogP contribution in [0.1, 0.15) is 23.2 Å². The molecule has 1 fully saturated rings. The van der Waals surface area contributed by atoms with Crippen molar-refractivity contribution in [2.24, 2.45) is 5.92 Å². The molecule has 5 heteroatoms. The predicted octanol–water partition coefficient (Wildman–Crippen LogP) is 2.71. The van der Waals surface area contributed by atoms with E-state index in [0.717, 1.165) is 18.6 Å². The van der Waals surface area contributed by atoms with Crippen LogP contribution >= 0.6 is 0 Å². The predicted molar refractivity (Wildman–Crippen MR) is 54.2 cm³/mol. The molecule has 0 aromatic heterocycles. The third-order valence-corrected chi connectivity index (χ3v) is 2.83. The summed E-state index contributed by atoms with van der Waals surface area (Å²) in [6.45, 7) is 1.04. The second-order valence-corrected chi connectivity index (χ2v) is 4.08. The van der Waals surface area contributed by atoms with Gasteiger partial charge in [0, 0.05) is 19.6 Å². The molecular formula is C12H11F3O2. The molecule has 1 heterocycles. The SMILES string of the molecule is O=C(CC1CCOC1)c1ccc(F)c(F)c1F. The molecule has 1 aromatic carbocycles. The molecule has 1 saturated heterocycles. The van der Waals surface area contributed by atoms with E-state index < -0.39 is 28.8 Å². The van der Waals surface area contributed by atoms with Gasteiger partial charge in [0.05, 0.1) is 5.56 Å². The molecule has 0 N–H and O–H groups in total. The average molecular weight is 244 g/mol. The minimum atomic E-state index is -1.60. The van der Waals surface area contributed by atoms with E-state index >= 15 is 0 Å². The zero-order valence-corrected chi connectivity index (χ0v) is 9.01.